The highest BCUT2D eigenvalue weighted by Gasteiger charge is 2.27. The van der Waals surface area contributed by atoms with Crippen LogP contribution in [0.1, 0.15) is 32.0 Å². The molecule has 0 saturated heterocycles. The molecule has 1 heterocycles. The summed E-state index contributed by atoms with van der Waals surface area (Å²) in [6.07, 6.45) is 3.95. The van der Waals surface area contributed by atoms with Gasteiger partial charge in [0.2, 0.25) is 0 Å². The maximum absolute atomic E-state index is 12.0. The van der Waals surface area contributed by atoms with Crippen LogP contribution in [-0.2, 0) is 6.54 Å². The monoisotopic (exact) mass is 281 g/mol. The summed E-state index contributed by atoms with van der Waals surface area (Å²) in [5.41, 5.74) is 2.63. The van der Waals surface area contributed by atoms with Crippen molar-refractivity contribution >= 4 is 11.8 Å². The second-order valence-corrected chi connectivity index (χ2v) is 5.70. The summed E-state index contributed by atoms with van der Waals surface area (Å²) in [6, 6.07) is -0.177. The average Bonchev–Trinajstić information content (AvgIpc) is 2.62. The lowest BCUT2D eigenvalue weighted by atomic mass is 10.0. The Morgan fingerprint density at radius 2 is 2.11 bits per heavy atom. The molecule has 0 aliphatic heterocycles. The first-order valence-corrected chi connectivity index (χ1v) is 6.74. The molecule has 0 amide bonds. The summed E-state index contributed by atoms with van der Waals surface area (Å²) in [6.45, 7) is 4.38. The molecule has 1 aromatic heterocycles. The topological polar surface area (TPSA) is 43.8 Å². The molecule has 0 spiro atoms. The minimum Gasteiger partial charge on any atom is -0.332 e. The minimum absolute atomic E-state index is 0.0233. The first-order valence-electron chi connectivity index (χ1n) is 5.76. The third-order valence-electron chi connectivity index (χ3n) is 2.45. The fourth-order valence-electron chi connectivity index (χ4n) is 1.71. The smallest absolute Gasteiger partial charge is 0.332 e. The fourth-order valence-corrected chi connectivity index (χ4v) is 2.23. The largest absolute Gasteiger partial charge is 0.441 e. The van der Waals surface area contributed by atoms with Crippen LogP contribution in [0.25, 0.3) is 0 Å². The molecular weight excluding hydrogens is 263 g/mol. The van der Waals surface area contributed by atoms with Crippen LogP contribution in [-0.4, -0.2) is 20.8 Å². The standard InChI is InChI=1S/C11H18F3N3S/c1-8(2)5-9(15)10-6-16-7-17(10)3-4-18-11(12,13)14/h6-9H,3-5,15H2,1-2H3. The number of nitrogens with two attached hydrogens (primary N) is 1. The normalized spacial score (nSPS) is 14.2. The molecule has 1 atom stereocenters. The van der Waals surface area contributed by atoms with Gasteiger partial charge in [-0.25, -0.2) is 4.98 Å². The lowest BCUT2D eigenvalue weighted by Crippen LogP contribution is -2.18. The Labute approximate surface area is 109 Å². The maximum atomic E-state index is 12.0. The van der Waals surface area contributed by atoms with E-state index in [2.05, 4.69) is 18.8 Å². The van der Waals surface area contributed by atoms with Gasteiger partial charge in [-0.15, -0.1) is 0 Å². The second kappa shape index (κ2) is 6.47. The molecule has 3 nitrogen and oxygen atoms in total. The van der Waals surface area contributed by atoms with Crippen LogP contribution in [0.2, 0.25) is 0 Å². The van der Waals surface area contributed by atoms with Gasteiger partial charge in [-0.1, -0.05) is 13.8 Å². The third-order valence-corrected chi connectivity index (χ3v) is 3.16. The van der Waals surface area contributed by atoms with Crippen LogP contribution in [0.4, 0.5) is 13.2 Å². The Morgan fingerprint density at radius 1 is 1.44 bits per heavy atom. The molecule has 104 valence electrons. The summed E-state index contributed by atoms with van der Waals surface area (Å²) < 4.78 is 37.8. The highest BCUT2D eigenvalue weighted by Crippen LogP contribution is 2.30. The van der Waals surface area contributed by atoms with Gasteiger partial charge in [0.15, 0.2) is 0 Å². The first kappa shape index (κ1) is 15.4. The maximum Gasteiger partial charge on any atom is 0.441 e. The Balaban J connectivity index is 2.54. The zero-order valence-corrected chi connectivity index (χ0v) is 11.3. The van der Waals surface area contributed by atoms with E-state index < -0.39 is 5.51 Å². The van der Waals surface area contributed by atoms with Crippen molar-refractivity contribution in [2.75, 3.05) is 5.75 Å². The molecule has 1 aromatic rings. The number of imidazole rings is 1. The molecule has 1 unspecified atom stereocenters. The van der Waals surface area contributed by atoms with Crippen LogP contribution in [0.5, 0.6) is 0 Å². The molecule has 0 aliphatic rings. The molecule has 0 radical (unpaired) electrons. The summed E-state index contributed by atoms with van der Waals surface area (Å²) in [7, 11) is 0. The quantitative estimate of drug-likeness (QED) is 0.871. The van der Waals surface area contributed by atoms with Crippen molar-refractivity contribution in [3.05, 3.63) is 18.2 Å². The van der Waals surface area contributed by atoms with Crippen molar-refractivity contribution in [2.45, 2.75) is 38.4 Å². The van der Waals surface area contributed by atoms with Crippen molar-refractivity contribution < 1.29 is 13.2 Å². The molecule has 7 heteroatoms. The number of thioether (sulfide) groups is 1. The zero-order valence-electron chi connectivity index (χ0n) is 10.4. The van der Waals surface area contributed by atoms with E-state index in [9.17, 15) is 13.2 Å². The van der Waals surface area contributed by atoms with E-state index in [0.717, 1.165) is 12.1 Å². The van der Waals surface area contributed by atoms with Crippen molar-refractivity contribution in [1.82, 2.24) is 9.55 Å². The van der Waals surface area contributed by atoms with E-state index in [1.807, 2.05) is 0 Å². The van der Waals surface area contributed by atoms with Gasteiger partial charge in [0, 0.05) is 24.5 Å². The predicted octanol–water partition coefficient (Wildman–Crippen LogP) is 3.18. The molecule has 0 aliphatic carbocycles. The minimum atomic E-state index is -4.18. The Bertz CT molecular complexity index is 363. The second-order valence-electron chi connectivity index (χ2n) is 4.54. The van der Waals surface area contributed by atoms with E-state index in [1.54, 1.807) is 10.8 Å². The first-order chi connectivity index (χ1) is 8.29. The number of alkyl halides is 3. The predicted molar refractivity (Wildman–Crippen MR) is 67.1 cm³/mol. The van der Waals surface area contributed by atoms with E-state index in [1.165, 1.54) is 6.33 Å². The van der Waals surface area contributed by atoms with Gasteiger partial charge in [-0.3, -0.25) is 0 Å². The zero-order chi connectivity index (χ0) is 13.8. The van der Waals surface area contributed by atoms with Gasteiger partial charge in [0.25, 0.3) is 0 Å². The summed E-state index contributed by atoms with van der Waals surface area (Å²) in [4.78, 5) is 3.96. The molecule has 18 heavy (non-hydrogen) atoms. The van der Waals surface area contributed by atoms with Gasteiger partial charge in [0.1, 0.15) is 0 Å². The lowest BCUT2D eigenvalue weighted by molar-refractivity contribution is -0.0328. The highest BCUT2D eigenvalue weighted by molar-refractivity contribution is 8.00. The van der Waals surface area contributed by atoms with Gasteiger partial charge in [-0.2, -0.15) is 13.2 Å². The highest BCUT2D eigenvalue weighted by atomic mass is 32.2. The fraction of sp³-hybridized carbons (Fsp3) is 0.727. The number of hydrogen-bond donors (Lipinski definition) is 1. The SMILES string of the molecule is CC(C)CC(N)c1cncn1CCSC(F)(F)F. The van der Waals surface area contributed by atoms with E-state index >= 15 is 0 Å². The van der Waals surface area contributed by atoms with Gasteiger partial charge < -0.3 is 10.3 Å². The Hall–Kier alpha value is -0.690. The molecule has 2 N–H and O–H groups in total. The number of aryl methyl sites for hydroxylation is 1. The van der Waals surface area contributed by atoms with Gasteiger partial charge in [0.05, 0.1) is 12.0 Å². The number of rotatable bonds is 6. The Morgan fingerprint density at radius 3 is 2.67 bits per heavy atom. The Kier molecular flexibility index (Phi) is 5.52. The number of halogens is 3. The van der Waals surface area contributed by atoms with Crippen LogP contribution >= 0.6 is 11.8 Å². The van der Waals surface area contributed by atoms with Gasteiger partial charge in [-0.05, 0) is 24.1 Å². The molecule has 0 aromatic carbocycles. The molecule has 0 bridgehead atoms. The van der Waals surface area contributed by atoms with Gasteiger partial charge >= 0.3 is 5.51 Å². The van der Waals surface area contributed by atoms with E-state index in [0.29, 0.717) is 5.92 Å². The van der Waals surface area contributed by atoms with Crippen LogP contribution < -0.4 is 5.73 Å². The van der Waals surface area contributed by atoms with Crippen molar-refractivity contribution in [2.24, 2.45) is 11.7 Å². The number of nitrogens with zero attached hydrogens (tertiary/aromatic N) is 2. The summed E-state index contributed by atoms with van der Waals surface area (Å²) >= 11 is -0.0233. The third kappa shape index (κ3) is 5.30. The van der Waals surface area contributed by atoms with E-state index in [-0.39, 0.29) is 30.1 Å². The number of aromatic nitrogens is 2. The van der Waals surface area contributed by atoms with Crippen molar-refractivity contribution in [1.29, 1.82) is 0 Å². The molecular formula is C11H18F3N3S. The van der Waals surface area contributed by atoms with Crippen LogP contribution in [0, 0.1) is 5.92 Å². The average molecular weight is 281 g/mol. The molecule has 0 fully saturated rings. The number of hydrogen-bond acceptors (Lipinski definition) is 3. The van der Waals surface area contributed by atoms with Crippen LogP contribution in [0.3, 0.4) is 0 Å². The summed E-state index contributed by atoms with van der Waals surface area (Å²) in [5, 5.41) is 0. The van der Waals surface area contributed by atoms with Crippen molar-refractivity contribution in [3.63, 3.8) is 0 Å². The lowest BCUT2D eigenvalue weighted by Gasteiger charge is -2.16. The summed E-state index contributed by atoms with van der Waals surface area (Å²) in [5.74, 6) is 0.411. The van der Waals surface area contributed by atoms with E-state index in [4.69, 9.17) is 5.73 Å². The molecule has 1 rings (SSSR count). The molecule has 0 saturated carbocycles. The van der Waals surface area contributed by atoms with Crippen molar-refractivity contribution in [3.8, 4) is 0 Å². The van der Waals surface area contributed by atoms with Crippen LogP contribution in [0.15, 0.2) is 12.5 Å².